The molecular formula is C11H12N2O3. The lowest BCUT2D eigenvalue weighted by atomic mass is 10.2. The van der Waals surface area contributed by atoms with Gasteiger partial charge in [-0.05, 0) is 12.1 Å². The van der Waals surface area contributed by atoms with Gasteiger partial charge in [-0.1, -0.05) is 12.1 Å². The summed E-state index contributed by atoms with van der Waals surface area (Å²) in [5.74, 6) is 0. The van der Waals surface area contributed by atoms with Crippen LogP contribution in [0.25, 0.3) is 10.9 Å². The molecule has 0 spiro atoms. The number of aliphatic hydroxyl groups excluding tert-OH is 1. The van der Waals surface area contributed by atoms with E-state index in [4.69, 9.17) is 5.11 Å². The first-order chi connectivity index (χ1) is 7.66. The molecule has 84 valence electrons. The van der Waals surface area contributed by atoms with E-state index in [2.05, 4.69) is 0 Å². The van der Waals surface area contributed by atoms with E-state index in [1.165, 1.54) is 11.6 Å². The van der Waals surface area contributed by atoms with Gasteiger partial charge in [-0.3, -0.25) is 13.9 Å². The number of aromatic nitrogens is 2. The fourth-order valence-corrected chi connectivity index (χ4v) is 1.76. The first-order valence-electron chi connectivity index (χ1n) is 4.96. The second-order valence-electron chi connectivity index (χ2n) is 3.54. The summed E-state index contributed by atoms with van der Waals surface area (Å²) in [6.45, 7) is 0.0512. The molecule has 5 nitrogen and oxygen atoms in total. The van der Waals surface area contributed by atoms with Gasteiger partial charge in [-0.15, -0.1) is 0 Å². The lowest BCUT2D eigenvalue weighted by Crippen LogP contribution is -2.38. The summed E-state index contributed by atoms with van der Waals surface area (Å²) in [5.41, 5.74) is -0.155. The summed E-state index contributed by atoms with van der Waals surface area (Å²) in [6.07, 6.45) is 0. The third kappa shape index (κ3) is 1.45. The third-order valence-corrected chi connectivity index (χ3v) is 2.57. The molecule has 0 atom stereocenters. The van der Waals surface area contributed by atoms with Gasteiger partial charge in [0.15, 0.2) is 0 Å². The molecule has 1 aromatic carbocycles. The average Bonchev–Trinajstić information content (AvgIpc) is 2.32. The van der Waals surface area contributed by atoms with Gasteiger partial charge < -0.3 is 5.11 Å². The van der Waals surface area contributed by atoms with Gasteiger partial charge in [0.05, 0.1) is 24.1 Å². The second kappa shape index (κ2) is 3.94. The van der Waals surface area contributed by atoms with Gasteiger partial charge in [0, 0.05) is 7.05 Å². The molecule has 0 amide bonds. The lowest BCUT2D eigenvalue weighted by molar-refractivity contribution is 0.274. The first-order valence-corrected chi connectivity index (χ1v) is 4.96. The first kappa shape index (κ1) is 10.6. The van der Waals surface area contributed by atoms with Crippen molar-refractivity contribution in [1.29, 1.82) is 0 Å². The van der Waals surface area contributed by atoms with Crippen LogP contribution < -0.4 is 11.2 Å². The summed E-state index contributed by atoms with van der Waals surface area (Å²) in [6, 6.07) is 6.88. The van der Waals surface area contributed by atoms with Crippen molar-refractivity contribution < 1.29 is 5.11 Å². The zero-order chi connectivity index (χ0) is 11.7. The van der Waals surface area contributed by atoms with Crippen LogP contribution in [0.3, 0.4) is 0 Å². The third-order valence-electron chi connectivity index (χ3n) is 2.57. The standard InChI is InChI=1S/C11H12N2O3/c1-12-10(15)8-4-2-3-5-9(8)13(6-7-14)11(12)16/h2-5,14H,6-7H2,1H3. The Hall–Kier alpha value is -1.88. The Labute approximate surface area is 91.2 Å². The topological polar surface area (TPSA) is 64.2 Å². The van der Waals surface area contributed by atoms with E-state index in [0.29, 0.717) is 10.9 Å². The molecule has 0 radical (unpaired) electrons. The monoisotopic (exact) mass is 220 g/mol. The van der Waals surface area contributed by atoms with E-state index in [0.717, 1.165) is 4.57 Å². The van der Waals surface area contributed by atoms with Gasteiger partial charge in [0.2, 0.25) is 0 Å². The fraction of sp³-hybridized carbons (Fsp3) is 0.273. The number of fused-ring (bicyclic) bond motifs is 1. The van der Waals surface area contributed by atoms with Crippen molar-refractivity contribution in [2.24, 2.45) is 7.05 Å². The van der Waals surface area contributed by atoms with E-state index in [1.807, 2.05) is 0 Å². The quantitative estimate of drug-likeness (QED) is 0.755. The highest BCUT2D eigenvalue weighted by atomic mass is 16.3. The van der Waals surface area contributed by atoms with Crippen LogP contribution in [0.5, 0.6) is 0 Å². The summed E-state index contributed by atoms with van der Waals surface area (Å²) < 4.78 is 2.45. The Morgan fingerprint density at radius 3 is 2.62 bits per heavy atom. The summed E-state index contributed by atoms with van der Waals surface area (Å²) in [4.78, 5) is 23.6. The molecular weight excluding hydrogens is 208 g/mol. The Balaban J connectivity index is 2.98. The molecule has 1 N–H and O–H groups in total. The minimum absolute atomic E-state index is 0.137. The van der Waals surface area contributed by atoms with Gasteiger partial charge >= 0.3 is 5.69 Å². The van der Waals surface area contributed by atoms with Crippen molar-refractivity contribution in [1.82, 2.24) is 9.13 Å². The Morgan fingerprint density at radius 2 is 1.94 bits per heavy atom. The molecule has 0 saturated carbocycles. The Morgan fingerprint density at radius 1 is 1.25 bits per heavy atom. The zero-order valence-electron chi connectivity index (χ0n) is 8.88. The predicted molar refractivity (Wildman–Crippen MR) is 60.5 cm³/mol. The largest absolute Gasteiger partial charge is 0.395 e. The molecule has 1 aromatic heterocycles. The second-order valence-corrected chi connectivity index (χ2v) is 3.54. The number of rotatable bonds is 2. The van der Waals surface area contributed by atoms with Crippen LogP contribution in [0.4, 0.5) is 0 Å². The van der Waals surface area contributed by atoms with Crippen LogP contribution in [0, 0.1) is 0 Å². The van der Waals surface area contributed by atoms with Crippen LogP contribution in [0.2, 0.25) is 0 Å². The van der Waals surface area contributed by atoms with E-state index < -0.39 is 5.69 Å². The highest BCUT2D eigenvalue weighted by Gasteiger charge is 2.08. The molecule has 0 fully saturated rings. The molecule has 0 aliphatic heterocycles. The molecule has 0 saturated heterocycles. The molecule has 0 unspecified atom stereocenters. The van der Waals surface area contributed by atoms with Crippen molar-refractivity contribution in [2.45, 2.75) is 6.54 Å². The molecule has 5 heteroatoms. The van der Waals surface area contributed by atoms with E-state index in [9.17, 15) is 9.59 Å². The highest BCUT2D eigenvalue weighted by molar-refractivity contribution is 5.77. The molecule has 0 bridgehead atoms. The molecule has 2 rings (SSSR count). The van der Waals surface area contributed by atoms with Crippen LogP contribution in [-0.4, -0.2) is 20.8 Å². The zero-order valence-corrected chi connectivity index (χ0v) is 8.88. The predicted octanol–water partition coefficient (Wildman–Crippen LogP) is -0.308. The number of para-hydroxylation sites is 1. The molecule has 1 heterocycles. The van der Waals surface area contributed by atoms with Gasteiger partial charge in [-0.25, -0.2) is 4.79 Å². The van der Waals surface area contributed by atoms with Crippen molar-refractivity contribution in [3.05, 3.63) is 45.1 Å². The summed E-state index contributed by atoms with van der Waals surface area (Å²) in [7, 11) is 1.44. The Bertz CT molecular complexity index is 640. The number of nitrogens with zero attached hydrogens (tertiary/aromatic N) is 2. The Kier molecular flexibility index (Phi) is 2.62. The molecule has 0 aliphatic carbocycles. The SMILES string of the molecule is Cn1c(=O)c2ccccc2n(CCO)c1=O. The molecule has 2 aromatic rings. The number of hydrogen-bond donors (Lipinski definition) is 1. The summed E-state index contributed by atoms with van der Waals surface area (Å²) >= 11 is 0. The maximum Gasteiger partial charge on any atom is 0.331 e. The highest BCUT2D eigenvalue weighted by Crippen LogP contribution is 2.06. The van der Waals surface area contributed by atoms with Crippen LogP contribution >= 0.6 is 0 Å². The number of aliphatic hydroxyl groups is 1. The van der Waals surface area contributed by atoms with Crippen molar-refractivity contribution in [3.8, 4) is 0 Å². The normalized spacial score (nSPS) is 10.9. The molecule has 0 aliphatic rings. The average molecular weight is 220 g/mol. The number of benzene rings is 1. The smallest absolute Gasteiger partial charge is 0.331 e. The van der Waals surface area contributed by atoms with E-state index >= 15 is 0 Å². The van der Waals surface area contributed by atoms with Gasteiger partial charge in [0.1, 0.15) is 0 Å². The van der Waals surface area contributed by atoms with Crippen LogP contribution in [-0.2, 0) is 13.6 Å². The van der Waals surface area contributed by atoms with Crippen LogP contribution in [0.1, 0.15) is 0 Å². The van der Waals surface area contributed by atoms with Crippen LogP contribution in [0.15, 0.2) is 33.9 Å². The minimum Gasteiger partial charge on any atom is -0.395 e. The maximum atomic E-state index is 11.8. The number of hydrogen-bond acceptors (Lipinski definition) is 3. The van der Waals surface area contributed by atoms with E-state index in [-0.39, 0.29) is 18.7 Å². The van der Waals surface area contributed by atoms with Crippen molar-refractivity contribution in [2.75, 3.05) is 6.61 Å². The minimum atomic E-state index is -0.405. The van der Waals surface area contributed by atoms with Crippen molar-refractivity contribution >= 4 is 10.9 Å². The maximum absolute atomic E-state index is 11.8. The van der Waals surface area contributed by atoms with Gasteiger partial charge in [-0.2, -0.15) is 0 Å². The van der Waals surface area contributed by atoms with Crippen molar-refractivity contribution in [3.63, 3.8) is 0 Å². The molecule has 16 heavy (non-hydrogen) atoms. The van der Waals surface area contributed by atoms with Gasteiger partial charge in [0.25, 0.3) is 5.56 Å². The summed E-state index contributed by atoms with van der Waals surface area (Å²) in [5, 5.41) is 9.40. The van der Waals surface area contributed by atoms with E-state index in [1.54, 1.807) is 24.3 Å². The lowest BCUT2D eigenvalue weighted by Gasteiger charge is -2.10. The fourth-order valence-electron chi connectivity index (χ4n) is 1.76.